The van der Waals surface area contributed by atoms with E-state index in [-0.39, 0.29) is 12.5 Å². The van der Waals surface area contributed by atoms with Crippen LogP contribution in [0.2, 0.25) is 5.02 Å². The van der Waals surface area contributed by atoms with Gasteiger partial charge in [-0.25, -0.2) is 0 Å². The molecule has 0 spiro atoms. The SMILES string of the molecule is CCOCCn1c(=NC(=O)COc2ccc(Cl)cc2)sc2cc(C)cc(C)c21. The summed E-state index contributed by atoms with van der Waals surface area (Å²) in [6, 6.07) is 11.2. The molecule has 0 aliphatic rings. The number of aryl methyl sites for hydroxylation is 2. The first kappa shape index (κ1) is 20.6. The lowest BCUT2D eigenvalue weighted by Crippen LogP contribution is -2.21. The van der Waals surface area contributed by atoms with Gasteiger partial charge in [-0.1, -0.05) is 29.0 Å². The lowest BCUT2D eigenvalue weighted by atomic mass is 10.1. The maximum absolute atomic E-state index is 12.4. The quantitative estimate of drug-likeness (QED) is 0.530. The lowest BCUT2D eigenvalue weighted by molar-refractivity contribution is -0.120. The van der Waals surface area contributed by atoms with Gasteiger partial charge in [0.2, 0.25) is 0 Å². The van der Waals surface area contributed by atoms with Crippen molar-refractivity contribution in [3.8, 4) is 5.75 Å². The molecule has 0 aliphatic heterocycles. The third kappa shape index (κ3) is 5.01. The standard InChI is InChI=1S/C21H23ClN2O3S/c1-4-26-10-9-24-20-15(3)11-14(2)12-18(20)28-21(24)23-19(25)13-27-17-7-5-16(22)6-8-17/h5-8,11-12H,4,9-10,13H2,1-3H3. The highest BCUT2D eigenvalue weighted by Gasteiger charge is 2.11. The van der Waals surface area contributed by atoms with E-state index in [1.807, 2.05) is 6.92 Å². The van der Waals surface area contributed by atoms with Gasteiger partial charge in [-0.3, -0.25) is 4.79 Å². The van der Waals surface area contributed by atoms with E-state index in [4.69, 9.17) is 21.1 Å². The van der Waals surface area contributed by atoms with Gasteiger partial charge in [-0.05, 0) is 62.2 Å². The number of amides is 1. The van der Waals surface area contributed by atoms with Crippen molar-refractivity contribution in [2.75, 3.05) is 19.8 Å². The summed E-state index contributed by atoms with van der Waals surface area (Å²) in [5.41, 5.74) is 3.45. The molecule has 2 aromatic carbocycles. The van der Waals surface area contributed by atoms with E-state index in [9.17, 15) is 4.79 Å². The Balaban J connectivity index is 1.88. The van der Waals surface area contributed by atoms with Crippen molar-refractivity contribution in [3.63, 3.8) is 0 Å². The molecule has 3 rings (SSSR count). The number of halogens is 1. The fraction of sp³-hybridized carbons (Fsp3) is 0.333. The summed E-state index contributed by atoms with van der Waals surface area (Å²) in [7, 11) is 0. The molecule has 0 atom stereocenters. The predicted molar refractivity (Wildman–Crippen MR) is 113 cm³/mol. The van der Waals surface area contributed by atoms with Gasteiger partial charge in [-0.15, -0.1) is 0 Å². The number of hydrogen-bond acceptors (Lipinski definition) is 4. The minimum Gasteiger partial charge on any atom is -0.484 e. The minimum absolute atomic E-state index is 0.126. The fourth-order valence-electron chi connectivity index (χ4n) is 3.00. The Kier molecular flexibility index (Phi) is 6.88. The second-order valence-electron chi connectivity index (χ2n) is 6.41. The summed E-state index contributed by atoms with van der Waals surface area (Å²) in [6.45, 7) is 7.85. The molecule has 1 amide bonds. The number of carbonyl (C=O) groups excluding carboxylic acids is 1. The molecule has 0 fully saturated rings. The van der Waals surface area contributed by atoms with Gasteiger partial charge in [0.05, 0.1) is 16.8 Å². The highest BCUT2D eigenvalue weighted by molar-refractivity contribution is 7.16. The second-order valence-corrected chi connectivity index (χ2v) is 7.86. The Morgan fingerprint density at radius 1 is 1.21 bits per heavy atom. The van der Waals surface area contributed by atoms with Crippen LogP contribution in [0.5, 0.6) is 5.75 Å². The van der Waals surface area contributed by atoms with Gasteiger partial charge < -0.3 is 14.0 Å². The van der Waals surface area contributed by atoms with Crippen molar-refractivity contribution in [1.29, 1.82) is 0 Å². The number of thiazole rings is 1. The molecule has 0 saturated carbocycles. The molecule has 1 heterocycles. The summed E-state index contributed by atoms with van der Waals surface area (Å²) >= 11 is 7.37. The zero-order chi connectivity index (χ0) is 20.1. The molecule has 0 radical (unpaired) electrons. The van der Waals surface area contributed by atoms with Crippen molar-refractivity contribution >= 4 is 39.1 Å². The zero-order valence-electron chi connectivity index (χ0n) is 16.2. The minimum atomic E-state index is -0.332. The molecule has 1 aromatic heterocycles. The van der Waals surface area contributed by atoms with Crippen LogP contribution in [0.3, 0.4) is 0 Å². The van der Waals surface area contributed by atoms with E-state index >= 15 is 0 Å². The van der Waals surface area contributed by atoms with Gasteiger partial charge in [0.25, 0.3) is 5.91 Å². The van der Waals surface area contributed by atoms with Crippen molar-refractivity contribution < 1.29 is 14.3 Å². The molecule has 3 aromatic rings. The van der Waals surface area contributed by atoms with Gasteiger partial charge in [-0.2, -0.15) is 4.99 Å². The van der Waals surface area contributed by atoms with Gasteiger partial charge in [0.1, 0.15) is 5.75 Å². The molecule has 0 bridgehead atoms. The highest BCUT2D eigenvalue weighted by Crippen LogP contribution is 2.23. The largest absolute Gasteiger partial charge is 0.484 e. The Bertz CT molecular complexity index is 1040. The number of benzene rings is 2. The first-order chi connectivity index (χ1) is 13.5. The maximum atomic E-state index is 12.4. The van der Waals surface area contributed by atoms with Crippen LogP contribution < -0.4 is 9.54 Å². The van der Waals surface area contributed by atoms with E-state index in [1.54, 1.807) is 24.3 Å². The van der Waals surface area contributed by atoms with E-state index in [0.29, 0.717) is 35.3 Å². The molecular formula is C21H23ClN2O3S. The van der Waals surface area contributed by atoms with Crippen LogP contribution in [0.15, 0.2) is 41.4 Å². The molecule has 0 aliphatic carbocycles. The number of aromatic nitrogens is 1. The summed E-state index contributed by atoms with van der Waals surface area (Å²) in [6.07, 6.45) is 0. The van der Waals surface area contributed by atoms with Gasteiger partial charge in [0.15, 0.2) is 11.4 Å². The van der Waals surface area contributed by atoms with Crippen LogP contribution in [-0.4, -0.2) is 30.3 Å². The number of ether oxygens (including phenoxy) is 2. The molecule has 5 nitrogen and oxygen atoms in total. The van der Waals surface area contributed by atoms with E-state index in [2.05, 4.69) is 35.5 Å². The fourth-order valence-corrected chi connectivity index (χ4v) is 4.38. The highest BCUT2D eigenvalue weighted by atomic mass is 35.5. The normalized spacial score (nSPS) is 11.9. The molecule has 7 heteroatoms. The zero-order valence-corrected chi connectivity index (χ0v) is 17.8. The van der Waals surface area contributed by atoms with Crippen molar-refractivity contribution in [3.05, 3.63) is 57.3 Å². The maximum Gasteiger partial charge on any atom is 0.286 e. The van der Waals surface area contributed by atoms with E-state index in [0.717, 1.165) is 15.8 Å². The monoisotopic (exact) mass is 418 g/mol. The van der Waals surface area contributed by atoms with Crippen LogP contribution in [0.4, 0.5) is 0 Å². The Labute approximate surface area is 173 Å². The smallest absolute Gasteiger partial charge is 0.286 e. The summed E-state index contributed by atoms with van der Waals surface area (Å²) < 4.78 is 14.2. The van der Waals surface area contributed by atoms with Crippen LogP contribution in [0, 0.1) is 13.8 Å². The Morgan fingerprint density at radius 3 is 2.68 bits per heavy atom. The Hall–Kier alpha value is -2.15. The van der Waals surface area contributed by atoms with Crippen molar-refractivity contribution in [2.24, 2.45) is 4.99 Å². The summed E-state index contributed by atoms with van der Waals surface area (Å²) in [4.78, 5) is 17.4. The van der Waals surface area contributed by atoms with Crippen LogP contribution in [0.1, 0.15) is 18.1 Å². The second kappa shape index (κ2) is 9.37. The van der Waals surface area contributed by atoms with Crippen LogP contribution in [0.25, 0.3) is 10.2 Å². The molecular weight excluding hydrogens is 396 g/mol. The molecule has 28 heavy (non-hydrogen) atoms. The number of hydrogen-bond donors (Lipinski definition) is 0. The van der Waals surface area contributed by atoms with Crippen LogP contribution in [-0.2, 0) is 16.1 Å². The Morgan fingerprint density at radius 2 is 1.96 bits per heavy atom. The molecule has 0 unspecified atom stereocenters. The molecule has 148 valence electrons. The first-order valence-electron chi connectivity index (χ1n) is 9.12. The number of fused-ring (bicyclic) bond motifs is 1. The summed E-state index contributed by atoms with van der Waals surface area (Å²) in [5.74, 6) is 0.251. The number of carbonyl (C=O) groups is 1. The van der Waals surface area contributed by atoms with Crippen molar-refractivity contribution in [1.82, 2.24) is 4.57 Å². The van der Waals surface area contributed by atoms with Crippen LogP contribution >= 0.6 is 22.9 Å². The average Bonchev–Trinajstić information content (AvgIpc) is 2.98. The summed E-state index contributed by atoms with van der Waals surface area (Å²) in [5, 5.41) is 0.620. The van der Waals surface area contributed by atoms with Gasteiger partial charge in [0, 0.05) is 18.2 Å². The average molecular weight is 419 g/mol. The van der Waals surface area contributed by atoms with E-state index < -0.39 is 0 Å². The lowest BCUT2D eigenvalue weighted by Gasteiger charge is -2.08. The third-order valence-electron chi connectivity index (χ3n) is 4.17. The van der Waals surface area contributed by atoms with Gasteiger partial charge >= 0.3 is 0 Å². The molecule has 0 N–H and O–H groups in total. The predicted octanol–water partition coefficient (Wildman–Crippen LogP) is 4.52. The first-order valence-corrected chi connectivity index (χ1v) is 10.3. The van der Waals surface area contributed by atoms with E-state index in [1.165, 1.54) is 16.9 Å². The third-order valence-corrected chi connectivity index (χ3v) is 5.45. The number of rotatable bonds is 7. The number of nitrogens with zero attached hydrogens (tertiary/aromatic N) is 2. The topological polar surface area (TPSA) is 52.8 Å². The van der Waals surface area contributed by atoms with Crippen molar-refractivity contribution in [2.45, 2.75) is 27.3 Å². The molecule has 0 saturated heterocycles.